The van der Waals surface area contributed by atoms with E-state index in [2.05, 4.69) is 11.9 Å². The summed E-state index contributed by atoms with van der Waals surface area (Å²) in [6.07, 6.45) is 7.45. The highest BCUT2D eigenvalue weighted by Gasteiger charge is 2.25. The fourth-order valence-corrected chi connectivity index (χ4v) is 3.40. The molecule has 0 bridgehead atoms. The van der Waals surface area contributed by atoms with Crippen molar-refractivity contribution in [1.82, 2.24) is 9.88 Å². The lowest BCUT2D eigenvalue weighted by molar-refractivity contribution is -0.136. The molecule has 1 aliphatic carbocycles. The van der Waals surface area contributed by atoms with Gasteiger partial charge in [0, 0.05) is 19.3 Å². The van der Waals surface area contributed by atoms with Crippen molar-refractivity contribution in [3.63, 3.8) is 0 Å². The Morgan fingerprint density at radius 3 is 2.57 bits per heavy atom. The largest absolute Gasteiger partial charge is 0.455 e. The summed E-state index contributed by atoms with van der Waals surface area (Å²) in [5, 5.41) is 0. The van der Waals surface area contributed by atoms with Crippen LogP contribution in [-0.2, 0) is 9.53 Å². The summed E-state index contributed by atoms with van der Waals surface area (Å²) in [4.78, 5) is 30.7. The van der Waals surface area contributed by atoms with Crippen LogP contribution in [0.5, 0.6) is 11.5 Å². The normalized spacial score (nSPS) is 18.9. The lowest BCUT2D eigenvalue weighted by atomic mass is 9.87. The van der Waals surface area contributed by atoms with E-state index in [0.717, 1.165) is 25.7 Å². The molecule has 1 fully saturated rings. The summed E-state index contributed by atoms with van der Waals surface area (Å²) in [6, 6.07) is 10.5. The van der Waals surface area contributed by atoms with Gasteiger partial charge in [-0.1, -0.05) is 19.1 Å². The van der Waals surface area contributed by atoms with Crippen LogP contribution in [-0.4, -0.2) is 41.5 Å². The summed E-state index contributed by atoms with van der Waals surface area (Å²) in [5.74, 6) is 0.832. The number of hydrogen-bond donors (Lipinski definition) is 0. The van der Waals surface area contributed by atoms with Gasteiger partial charge in [-0.2, -0.15) is 0 Å². The summed E-state index contributed by atoms with van der Waals surface area (Å²) in [5.41, 5.74) is 0.272. The Bertz CT molecular complexity index is 801. The minimum Gasteiger partial charge on any atom is -0.455 e. The number of rotatable bonds is 6. The van der Waals surface area contributed by atoms with Crippen molar-refractivity contribution in [3.05, 3.63) is 54.4 Å². The average molecular weight is 382 g/mol. The van der Waals surface area contributed by atoms with Crippen molar-refractivity contribution in [1.29, 1.82) is 0 Å². The van der Waals surface area contributed by atoms with Gasteiger partial charge in [-0.05, 0) is 55.9 Å². The van der Waals surface area contributed by atoms with Gasteiger partial charge in [0.1, 0.15) is 17.1 Å². The molecule has 1 heterocycles. The maximum Gasteiger partial charge on any atom is 0.342 e. The highest BCUT2D eigenvalue weighted by atomic mass is 16.5. The van der Waals surface area contributed by atoms with Crippen LogP contribution in [0, 0.1) is 5.92 Å². The maximum absolute atomic E-state index is 12.5. The van der Waals surface area contributed by atoms with Crippen molar-refractivity contribution in [2.45, 2.75) is 38.6 Å². The number of aromatic nitrogens is 1. The third-order valence-corrected chi connectivity index (χ3v) is 5.22. The number of ether oxygens (including phenoxy) is 2. The molecular formula is C22H26N2O4. The van der Waals surface area contributed by atoms with E-state index in [4.69, 9.17) is 9.47 Å². The Morgan fingerprint density at radius 2 is 1.86 bits per heavy atom. The van der Waals surface area contributed by atoms with E-state index in [-0.39, 0.29) is 24.1 Å². The van der Waals surface area contributed by atoms with Gasteiger partial charge >= 0.3 is 5.97 Å². The predicted octanol–water partition coefficient (Wildman–Crippen LogP) is 4.07. The predicted molar refractivity (Wildman–Crippen MR) is 105 cm³/mol. The molecule has 148 valence electrons. The molecule has 1 aromatic heterocycles. The second-order valence-electron chi connectivity index (χ2n) is 7.28. The fraction of sp³-hybridized carbons (Fsp3) is 0.409. The van der Waals surface area contributed by atoms with E-state index >= 15 is 0 Å². The zero-order valence-corrected chi connectivity index (χ0v) is 16.3. The molecule has 6 nitrogen and oxygen atoms in total. The molecular weight excluding hydrogens is 356 g/mol. The van der Waals surface area contributed by atoms with Gasteiger partial charge < -0.3 is 14.4 Å². The van der Waals surface area contributed by atoms with Crippen LogP contribution >= 0.6 is 0 Å². The number of carbonyl (C=O) groups is 2. The van der Waals surface area contributed by atoms with Gasteiger partial charge in [-0.15, -0.1) is 0 Å². The Hall–Kier alpha value is -2.89. The molecule has 3 rings (SSSR count). The molecule has 1 aromatic carbocycles. The molecule has 0 unspecified atom stereocenters. The second-order valence-corrected chi connectivity index (χ2v) is 7.28. The molecule has 28 heavy (non-hydrogen) atoms. The van der Waals surface area contributed by atoms with Crippen LogP contribution < -0.4 is 4.74 Å². The second kappa shape index (κ2) is 9.35. The molecule has 0 radical (unpaired) electrons. The quantitative estimate of drug-likeness (QED) is 0.705. The van der Waals surface area contributed by atoms with Crippen LogP contribution in [0.1, 0.15) is 43.0 Å². The van der Waals surface area contributed by atoms with E-state index in [9.17, 15) is 9.59 Å². The van der Waals surface area contributed by atoms with Crippen LogP contribution in [0.3, 0.4) is 0 Å². The first-order chi connectivity index (χ1) is 13.5. The Morgan fingerprint density at radius 1 is 1.11 bits per heavy atom. The number of benzene rings is 1. The standard InChI is InChI=1S/C22H26N2O4/c1-16-9-11-17(12-10-16)24(2)21(25)15-27-22(26)19-7-3-4-8-20(19)28-18-6-5-13-23-14-18/h3-8,13-14,16-17H,9-12,15H2,1-2H3. The number of esters is 1. The van der Waals surface area contributed by atoms with Gasteiger partial charge in [0.15, 0.2) is 6.61 Å². The lowest BCUT2D eigenvalue weighted by Gasteiger charge is -2.33. The molecule has 1 amide bonds. The summed E-state index contributed by atoms with van der Waals surface area (Å²) >= 11 is 0. The lowest BCUT2D eigenvalue weighted by Crippen LogP contribution is -2.41. The third kappa shape index (κ3) is 5.09. The molecule has 0 N–H and O–H groups in total. The van der Waals surface area contributed by atoms with Crippen molar-refractivity contribution < 1.29 is 19.1 Å². The third-order valence-electron chi connectivity index (χ3n) is 5.22. The first kappa shape index (κ1) is 19.9. The van der Waals surface area contributed by atoms with Crippen molar-refractivity contribution >= 4 is 11.9 Å². The highest BCUT2D eigenvalue weighted by Crippen LogP contribution is 2.27. The van der Waals surface area contributed by atoms with Crippen LogP contribution in [0.15, 0.2) is 48.8 Å². The Kier molecular flexibility index (Phi) is 6.63. The zero-order chi connectivity index (χ0) is 19.9. The number of amides is 1. The van der Waals surface area contributed by atoms with Crippen molar-refractivity contribution in [2.75, 3.05) is 13.7 Å². The number of likely N-dealkylation sites (N-methyl/N-ethyl adjacent to an activating group) is 1. The molecule has 0 spiro atoms. The van der Waals surface area contributed by atoms with Gasteiger partial charge in [0.2, 0.25) is 0 Å². The van der Waals surface area contributed by atoms with E-state index in [0.29, 0.717) is 17.4 Å². The summed E-state index contributed by atoms with van der Waals surface area (Å²) < 4.78 is 11.0. The summed E-state index contributed by atoms with van der Waals surface area (Å²) in [6.45, 7) is 1.97. The Balaban J connectivity index is 1.58. The number of hydrogen-bond acceptors (Lipinski definition) is 5. The zero-order valence-electron chi connectivity index (χ0n) is 16.3. The van der Waals surface area contributed by atoms with Crippen LogP contribution in [0.25, 0.3) is 0 Å². The number of para-hydroxylation sites is 1. The van der Waals surface area contributed by atoms with Gasteiger partial charge in [-0.3, -0.25) is 9.78 Å². The molecule has 1 aliphatic rings. The molecule has 6 heteroatoms. The smallest absolute Gasteiger partial charge is 0.342 e. The highest BCUT2D eigenvalue weighted by molar-refractivity contribution is 5.94. The Labute approximate surface area is 165 Å². The summed E-state index contributed by atoms with van der Waals surface area (Å²) in [7, 11) is 1.79. The molecule has 0 saturated heterocycles. The van der Waals surface area contributed by atoms with Gasteiger partial charge in [0.05, 0.1) is 6.20 Å². The average Bonchev–Trinajstić information content (AvgIpc) is 2.73. The fourth-order valence-electron chi connectivity index (χ4n) is 3.40. The number of pyridine rings is 1. The molecule has 1 saturated carbocycles. The molecule has 0 atom stereocenters. The van der Waals surface area contributed by atoms with Crippen molar-refractivity contribution in [3.8, 4) is 11.5 Å². The monoisotopic (exact) mass is 382 g/mol. The first-order valence-electron chi connectivity index (χ1n) is 9.64. The van der Waals surface area contributed by atoms with E-state index in [1.165, 1.54) is 0 Å². The minimum absolute atomic E-state index is 0.182. The molecule has 0 aliphatic heterocycles. The van der Waals surface area contributed by atoms with Gasteiger partial charge in [0.25, 0.3) is 5.91 Å². The number of nitrogens with zero attached hydrogens (tertiary/aromatic N) is 2. The van der Waals surface area contributed by atoms with Gasteiger partial charge in [-0.25, -0.2) is 4.79 Å². The van der Waals surface area contributed by atoms with Crippen LogP contribution in [0.4, 0.5) is 0 Å². The SMILES string of the molecule is CC1CCC(N(C)C(=O)COC(=O)c2ccccc2Oc2cccnc2)CC1. The topological polar surface area (TPSA) is 68.7 Å². The molecule has 2 aromatic rings. The van der Waals surface area contributed by atoms with E-state index in [1.807, 2.05) is 0 Å². The maximum atomic E-state index is 12.5. The minimum atomic E-state index is -0.585. The van der Waals surface area contributed by atoms with Crippen LogP contribution in [0.2, 0.25) is 0 Å². The van der Waals surface area contributed by atoms with E-state index < -0.39 is 5.97 Å². The first-order valence-corrected chi connectivity index (χ1v) is 9.64. The number of carbonyl (C=O) groups excluding carboxylic acids is 2. The van der Waals surface area contributed by atoms with Crippen molar-refractivity contribution in [2.24, 2.45) is 5.92 Å². The van der Waals surface area contributed by atoms with E-state index in [1.54, 1.807) is 60.7 Å².